The molecule has 4 aromatic rings. The number of pyridine rings is 1. The van der Waals surface area contributed by atoms with Crippen LogP contribution in [0.15, 0.2) is 79.0 Å². The zero-order valence-corrected chi connectivity index (χ0v) is 20.5. The van der Waals surface area contributed by atoms with E-state index in [2.05, 4.69) is 95.3 Å². The van der Waals surface area contributed by atoms with Crippen LogP contribution in [0.25, 0.3) is 33.5 Å². The number of aryl methyl sites for hydroxylation is 3. The van der Waals surface area contributed by atoms with E-state index in [4.69, 9.17) is 4.11 Å². The maximum absolute atomic E-state index is 7.78. The van der Waals surface area contributed by atoms with Crippen LogP contribution in [-0.2, 0) is 17.9 Å². The standard InChI is InChI=1S/C32H34N/c1-21-13-16-30(33(7)20-21)25-19-27-26-18-24(23-11-9-8-10-12-23)14-15-28(26)31(3,4)32(5,6)29(27)17-22(25)2/h8-20H,1-7H3/q+1/i1D3. The summed E-state index contributed by atoms with van der Waals surface area (Å²) in [6.45, 7) is 9.45. The number of benzene rings is 3. The molecule has 0 aliphatic heterocycles. The van der Waals surface area contributed by atoms with Crippen molar-refractivity contribution in [3.05, 3.63) is 101 Å². The molecule has 1 nitrogen and oxygen atoms in total. The van der Waals surface area contributed by atoms with Crippen LogP contribution < -0.4 is 4.57 Å². The lowest BCUT2D eigenvalue weighted by Crippen LogP contribution is -2.43. The molecular formula is C32H34N+. The molecule has 0 saturated carbocycles. The van der Waals surface area contributed by atoms with Gasteiger partial charge in [0, 0.05) is 21.3 Å². The quantitative estimate of drug-likeness (QED) is 0.284. The highest BCUT2D eigenvalue weighted by Gasteiger charge is 2.46. The Hall–Kier alpha value is -3.19. The number of rotatable bonds is 2. The average molecular weight is 436 g/mol. The van der Waals surface area contributed by atoms with Crippen molar-refractivity contribution >= 4 is 0 Å². The lowest BCUT2D eigenvalue weighted by atomic mass is 9.55. The first-order valence-corrected chi connectivity index (χ1v) is 11.7. The van der Waals surface area contributed by atoms with E-state index in [-0.39, 0.29) is 10.8 Å². The first kappa shape index (κ1) is 18.3. The van der Waals surface area contributed by atoms with Crippen molar-refractivity contribution in [1.29, 1.82) is 0 Å². The summed E-state index contributed by atoms with van der Waals surface area (Å²) in [5.41, 5.74) is 11.2. The van der Waals surface area contributed by atoms with E-state index in [1.54, 1.807) is 12.3 Å². The van der Waals surface area contributed by atoms with Gasteiger partial charge in [-0.3, -0.25) is 0 Å². The van der Waals surface area contributed by atoms with Crippen molar-refractivity contribution in [2.45, 2.75) is 52.3 Å². The summed E-state index contributed by atoms with van der Waals surface area (Å²) < 4.78 is 25.3. The third-order valence-corrected chi connectivity index (χ3v) is 8.10. The van der Waals surface area contributed by atoms with E-state index < -0.39 is 6.85 Å². The van der Waals surface area contributed by atoms with Gasteiger partial charge in [-0.25, -0.2) is 4.57 Å². The van der Waals surface area contributed by atoms with Crippen LogP contribution in [0, 0.1) is 13.8 Å². The van der Waals surface area contributed by atoms with Gasteiger partial charge < -0.3 is 0 Å². The molecule has 0 fully saturated rings. The molecule has 1 aliphatic rings. The van der Waals surface area contributed by atoms with E-state index in [9.17, 15) is 0 Å². The molecule has 1 heterocycles. The molecule has 1 heteroatoms. The Morgan fingerprint density at radius 2 is 1.39 bits per heavy atom. The summed E-state index contributed by atoms with van der Waals surface area (Å²) in [7, 11) is 1.93. The summed E-state index contributed by atoms with van der Waals surface area (Å²) in [4.78, 5) is 0. The van der Waals surface area contributed by atoms with Crippen molar-refractivity contribution in [3.63, 3.8) is 0 Å². The predicted molar refractivity (Wildman–Crippen MR) is 139 cm³/mol. The molecule has 0 spiro atoms. The third-order valence-electron chi connectivity index (χ3n) is 8.10. The van der Waals surface area contributed by atoms with Crippen molar-refractivity contribution in [1.82, 2.24) is 0 Å². The number of fused-ring (bicyclic) bond motifs is 3. The van der Waals surface area contributed by atoms with Crippen molar-refractivity contribution in [2.24, 2.45) is 7.05 Å². The lowest BCUT2D eigenvalue weighted by molar-refractivity contribution is -0.660. The maximum Gasteiger partial charge on any atom is 0.212 e. The third kappa shape index (κ3) is 3.25. The van der Waals surface area contributed by atoms with Gasteiger partial charge in [0.05, 0.1) is 0 Å². The van der Waals surface area contributed by atoms with E-state index in [0.29, 0.717) is 5.56 Å². The lowest BCUT2D eigenvalue weighted by Gasteiger charge is -2.48. The van der Waals surface area contributed by atoms with Crippen LogP contribution in [0.4, 0.5) is 0 Å². The second kappa shape index (κ2) is 7.42. The van der Waals surface area contributed by atoms with Crippen LogP contribution in [0.5, 0.6) is 0 Å². The number of aromatic nitrogens is 1. The van der Waals surface area contributed by atoms with Crippen LogP contribution in [0.3, 0.4) is 0 Å². The van der Waals surface area contributed by atoms with Crippen LogP contribution in [-0.4, -0.2) is 0 Å². The van der Waals surface area contributed by atoms with Gasteiger partial charge in [-0.2, -0.15) is 0 Å². The fraction of sp³-hybridized carbons (Fsp3) is 0.281. The van der Waals surface area contributed by atoms with Gasteiger partial charge in [0.25, 0.3) is 0 Å². The number of hydrogen-bond donors (Lipinski definition) is 0. The number of nitrogens with zero attached hydrogens (tertiary/aromatic N) is 1. The Morgan fingerprint density at radius 1 is 0.697 bits per heavy atom. The second-order valence-corrected chi connectivity index (χ2v) is 10.5. The molecule has 0 bridgehead atoms. The fourth-order valence-corrected chi connectivity index (χ4v) is 5.41. The molecule has 0 amide bonds. The van der Waals surface area contributed by atoms with Gasteiger partial charge >= 0.3 is 0 Å². The van der Waals surface area contributed by atoms with E-state index in [0.717, 1.165) is 11.3 Å². The smallest absolute Gasteiger partial charge is 0.201 e. The summed E-state index contributed by atoms with van der Waals surface area (Å²) >= 11 is 0. The maximum atomic E-state index is 7.78. The van der Waals surface area contributed by atoms with Crippen molar-refractivity contribution < 1.29 is 8.68 Å². The molecule has 0 atom stereocenters. The van der Waals surface area contributed by atoms with Crippen LogP contribution in [0.2, 0.25) is 0 Å². The van der Waals surface area contributed by atoms with Gasteiger partial charge in [-0.1, -0.05) is 76.2 Å². The number of hydrogen-bond acceptors (Lipinski definition) is 0. The Kier molecular flexibility index (Phi) is 4.10. The topological polar surface area (TPSA) is 3.88 Å². The Balaban J connectivity index is 1.76. The summed E-state index contributed by atoms with van der Waals surface area (Å²) in [5.74, 6) is 0. The fourth-order valence-electron chi connectivity index (χ4n) is 5.41. The Labute approximate surface area is 203 Å². The monoisotopic (exact) mass is 435 g/mol. The largest absolute Gasteiger partial charge is 0.212 e. The highest BCUT2D eigenvalue weighted by Crippen LogP contribution is 2.55. The molecule has 33 heavy (non-hydrogen) atoms. The average Bonchev–Trinajstić information content (AvgIpc) is 2.83. The highest BCUT2D eigenvalue weighted by atomic mass is 14.9. The molecule has 3 aromatic carbocycles. The summed E-state index contributed by atoms with van der Waals surface area (Å²) in [6, 6.07) is 25.8. The SMILES string of the molecule is [2H]C([2H])([2H])c1ccc(-c2cc3c(cc2C)C(C)(C)C(C)(C)c2ccc(-c4ccccc4)cc2-3)[n+](C)c1. The zero-order valence-electron chi connectivity index (χ0n) is 23.5. The molecule has 1 aliphatic carbocycles. The molecular weight excluding hydrogens is 398 g/mol. The van der Waals surface area contributed by atoms with Crippen molar-refractivity contribution in [2.75, 3.05) is 0 Å². The van der Waals surface area contributed by atoms with Gasteiger partial charge in [0.15, 0.2) is 6.20 Å². The first-order valence-electron chi connectivity index (χ1n) is 13.2. The van der Waals surface area contributed by atoms with Gasteiger partial charge in [-0.15, -0.1) is 0 Å². The van der Waals surface area contributed by atoms with Gasteiger partial charge in [0.2, 0.25) is 5.69 Å². The van der Waals surface area contributed by atoms with Crippen LogP contribution >= 0.6 is 0 Å². The minimum absolute atomic E-state index is 0.0511. The minimum atomic E-state index is -2.12. The van der Waals surface area contributed by atoms with E-state index >= 15 is 0 Å². The Morgan fingerprint density at radius 3 is 2.09 bits per heavy atom. The molecule has 0 radical (unpaired) electrons. The Bertz CT molecular complexity index is 1480. The molecule has 166 valence electrons. The molecule has 0 N–H and O–H groups in total. The van der Waals surface area contributed by atoms with Gasteiger partial charge in [0.1, 0.15) is 7.05 Å². The predicted octanol–water partition coefficient (Wildman–Crippen LogP) is 7.70. The van der Waals surface area contributed by atoms with Crippen LogP contribution in [0.1, 0.15) is 54.1 Å². The minimum Gasteiger partial charge on any atom is -0.201 e. The second-order valence-electron chi connectivity index (χ2n) is 10.5. The van der Waals surface area contributed by atoms with Crippen molar-refractivity contribution in [3.8, 4) is 33.5 Å². The van der Waals surface area contributed by atoms with E-state index in [1.165, 1.54) is 38.9 Å². The molecule has 0 unspecified atom stereocenters. The molecule has 5 rings (SSSR count). The first-order chi connectivity index (χ1) is 16.8. The summed E-state index contributed by atoms with van der Waals surface area (Å²) in [5, 5.41) is 0. The zero-order chi connectivity index (χ0) is 26.0. The normalized spacial score (nSPS) is 17.3. The highest BCUT2D eigenvalue weighted by molar-refractivity contribution is 5.85. The molecule has 0 saturated heterocycles. The van der Waals surface area contributed by atoms with E-state index in [1.807, 2.05) is 17.7 Å². The molecule has 1 aromatic heterocycles. The summed E-state index contributed by atoms with van der Waals surface area (Å²) in [6.07, 6.45) is 1.73. The van der Waals surface area contributed by atoms with Gasteiger partial charge in [-0.05, 0) is 81.7 Å².